The number of halogens is 1. The maximum Gasteiger partial charge on any atom is 0.243 e. The highest BCUT2D eigenvalue weighted by Gasteiger charge is 2.20. The molecule has 0 amide bonds. The highest BCUT2D eigenvalue weighted by atomic mass is 79.9. The third kappa shape index (κ3) is 4.67. The molecule has 0 unspecified atom stereocenters. The summed E-state index contributed by atoms with van der Waals surface area (Å²) in [6.07, 6.45) is 1.66. The normalized spacial score (nSPS) is 11.4. The Bertz CT molecular complexity index is 773. The molecule has 0 spiro atoms. The zero-order chi connectivity index (χ0) is 16.9. The van der Waals surface area contributed by atoms with E-state index in [2.05, 4.69) is 22.5 Å². The molecule has 0 fully saturated rings. The quantitative estimate of drug-likeness (QED) is 0.669. The van der Waals surface area contributed by atoms with Gasteiger partial charge in [-0.2, -0.15) is 4.31 Å². The lowest BCUT2D eigenvalue weighted by Crippen LogP contribution is -2.26. The third-order valence-electron chi connectivity index (χ3n) is 3.19. The molecule has 0 radical (unpaired) electrons. The largest absolute Gasteiger partial charge is 0.490 e. The summed E-state index contributed by atoms with van der Waals surface area (Å²) in [5, 5.41) is 0. The highest BCUT2D eigenvalue weighted by molar-refractivity contribution is 9.10. The van der Waals surface area contributed by atoms with Crippen molar-refractivity contribution in [1.29, 1.82) is 0 Å². The Balaban J connectivity index is 2.16. The van der Waals surface area contributed by atoms with Crippen LogP contribution in [0.15, 0.2) is 70.6 Å². The van der Waals surface area contributed by atoms with Gasteiger partial charge in [0.05, 0.1) is 4.90 Å². The van der Waals surface area contributed by atoms with Crippen molar-refractivity contribution >= 4 is 26.0 Å². The van der Waals surface area contributed by atoms with Crippen LogP contribution in [0, 0.1) is 0 Å². The van der Waals surface area contributed by atoms with Gasteiger partial charge in [-0.15, -0.1) is 0 Å². The van der Waals surface area contributed by atoms with Gasteiger partial charge < -0.3 is 4.74 Å². The molecular weight excluding hydrogens is 378 g/mol. The minimum atomic E-state index is -3.53. The van der Waals surface area contributed by atoms with E-state index < -0.39 is 10.0 Å². The van der Waals surface area contributed by atoms with Gasteiger partial charge in [0.25, 0.3) is 0 Å². The predicted molar refractivity (Wildman–Crippen MR) is 94.9 cm³/mol. The van der Waals surface area contributed by atoms with E-state index in [1.54, 1.807) is 37.4 Å². The summed E-state index contributed by atoms with van der Waals surface area (Å²) in [7, 11) is -1.96. The van der Waals surface area contributed by atoms with Crippen LogP contribution in [0.4, 0.5) is 0 Å². The second-order valence-electron chi connectivity index (χ2n) is 4.96. The topological polar surface area (TPSA) is 46.6 Å². The van der Waals surface area contributed by atoms with Gasteiger partial charge in [0.15, 0.2) is 0 Å². The summed E-state index contributed by atoms with van der Waals surface area (Å²) in [5.41, 5.74) is 0.856. The Hall–Kier alpha value is -1.63. The molecule has 0 N–H and O–H groups in total. The Labute approximate surface area is 145 Å². The van der Waals surface area contributed by atoms with Crippen molar-refractivity contribution in [2.45, 2.75) is 11.4 Å². The van der Waals surface area contributed by atoms with Gasteiger partial charge in [-0.3, -0.25) is 0 Å². The molecule has 0 aliphatic carbocycles. The SMILES string of the molecule is C=CCOc1cccc(CN(C)S(=O)(=O)c2ccc(Br)cc2)c1. The molecule has 2 aromatic carbocycles. The zero-order valence-corrected chi connectivity index (χ0v) is 15.2. The summed E-state index contributed by atoms with van der Waals surface area (Å²) >= 11 is 3.30. The van der Waals surface area contributed by atoms with Crippen molar-refractivity contribution in [3.05, 3.63) is 71.2 Å². The molecule has 6 heteroatoms. The lowest BCUT2D eigenvalue weighted by atomic mass is 10.2. The van der Waals surface area contributed by atoms with Gasteiger partial charge in [-0.05, 0) is 42.0 Å². The highest BCUT2D eigenvalue weighted by Crippen LogP contribution is 2.21. The van der Waals surface area contributed by atoms with Gasteiger partial charge in [0, 0.05) is 18.1 Å². The maximum atomic E-state index is 12.6. The fourth-order valence-corrected chi connectivity index (χ4v) is 3.44. The van der Waals surface area contributed by atoms with Crippen LogP contribution >= 0.6 is 15.9 Å². The maximum absolute atomic E-state index is 12.6. The first-order valence-electron chi connectivity index (χ1n) is 6.98. The van der Waals surface area contributed by atoms with Crippen LogP contribution in [0.2, 0.25) is 0 Å². The molecule has 0 aliphatic heterocycles. The third-order valence-corrected chi connectivity index (χ3v) is 5.54. The van der Waals surface area contributed by atoms with Gasteiger partial charge in [-0.1, -0.05) is 40.7 Å². The Kier molecular flexibility index (Phi) is 5.98. The van der Waals surface area contributed by atoms with Crippen LogP contribution in [0.25, 0.3) is 0 Å². The van der Waals surface area contributed by atoms with Crippen molar-refractivity contribution in [2.75, 3.05) is 13.7 Å². The molecule has 4 nitrogen and oxygen atoms in total. The number of ether oxygens (including phenoxy) is 1. The van der Waals surface area contributed by atoms with E-state index >= 15 is 0 Å². The molecule has 0 aromatic heterocycles. The molecule has 2 rings (SSSR count). The number of hydrogen-bond donors (Lipinski definition) is 0. The standard InChI is InChI=1S/C17H18BrNO3S/c1-3-11-22-16-6-4-5-14(12-16)13-19(2)23(20,21)17-9-7-15(18)8-10-17/h3-10,12H,1,11,13H2,2H3. The van der Waals surface area contributed by atoms with Crippen molar-refractivity contribution in [3.8, 4) is 5.75 Å². The number of sulfonamides is 1. The number of nitrogens with zero attached hydrogens (tertiary/aromatic N) is 1. The minimum absolute atomic E-state index is 0.266. The molecule has 0 heterocycles. The average molecular weight is 396 g/mol. The van der Waals surface area contributed by atoms with Crippen molar-refractivity contribution in [1.82, 2.24) is 4.31 Å². The first kappa shape index (κ1) is 17.7. The van der Waals surface area contributed by atoms with Crippen molar-refractivity contribution in [2.24, 2.45) is 0 Å². The first-order valence-corrected chi connectivity index (χ1v) is 9.21. The van der Waals surface area contributed by atoms with E-state index in [4.69, 9.17) is 4.74 Å². The summed E-state index contributed by atoms with van der Waals surface area (Å²) < 4.78 is 32.8. The molecule has 0 aliphatic rings. The van der Waals surface area contributed by atoms with Crippen LogP contribution in [0.3, 0.4) is 0 Å². The average Bonchev–Trinajstić information content (AvgIpc) is 2.53. The predicted octanol–water partition coefficient (Wildman–Crippen LogP) is 3.83. The first-order chi connectivity index (χ1) is 10.9. The van der Waals surface area contributed by atoms with Gasteiger partial charge in [0.2, 0.25) is 10.0 Å². The molecule has 23 heavy (non-hydrogen) atoms. The molecule has 0 bridgehead atoms. The van der Waals surface area contributed by atoms with E-state index in [-0.39, 0.29) is 11.4 Å². The Morgan fingerprint density at radius 3 is 2.57 bits per heavy atom. The van der Waals surface area contributed by atoms with Crippen LogP contribution in [-0.2, 0) is 16.6 Å². The molecule has 0 saturated heterocycles. The fourth-order valence-electron chi connectivity index (χ4n) is 2.02. The molecule has 0 saturated carbocycles. The van der Waals surface area contributed by atoms with E-state index in [0.717, 1.165) is 10.0 Å². The van der Waals surface area contributed by atoms with Gasteiger partial charge in [-0.25, -0.2) is 8.42 Å². The second-order valence-corrected chi connectivity index (χ2v) is 7.92. The monoisotopic (exact) mass is 395 g/mol. The van der Waals surface area contributed by atoms with Gasteiger partial charge >= 0.3 is 0 Å². The van der Waals surface area contributed by atoms with Crippen LogP contribution in [0.1, 0.15) is 5.56 Å². The number of hydrogen-bond acceptors (Lipinski definition) is 3. The Morgan fingerprint density at radius 1 is 1.22 bits per heavy atom. The van der Waals surface area contributed by atoms with E-state index in [1.807, 2.05) is 24.3 Å². The lowest BCUT2D eigenvalue weighted by Gasteiger charge is -2.18. The van der Waals surface area contributed by atoms with E-state index in [1.165, 1.54) is 4.31 Å². The van der Waals surface area contributed by atoms with Crippen molar-refractivity contribution < 1.29 is 13.2 Å². The summed E-state index contributed by atoms with van der Waals surface area (Å²) in [6.45, 7) is 4.28. The van der Waals surface area contributed by atoms with E-state index in [9.17, 15) is 8.42 Å². The summed E-state index contributed by atoms with van der Waals surface area (Å²) in [4.78, 5) is 0.266. The van der Waals surface area contributed by atoms with Crippen LogP contribution in [0.5, 0.6) is 5.75 Å². The second kappa shape index (κ2) is 7.77. The zero-order valence-electron chi connectivity index (χ0n) is 12.8. The van der Waals surface area contributed by atoms with Crippen LogP contribution in [-0.4, -0.2) is 26.4 Å². The molecule has 2 aromatic rings. The minimum Gasteiger partial charge on any atom is -0.490 e. The molecular formula is C17H18BrNO3S. The van der Waals surface area contributed by atoms with E-state index in [0.29, 0.717) is 12.4 Å². The van der Waals surface area contributed by atoms with Gasteiger partial charge in [0.1, 0.15) is 12.4 Å². The summed E-state index contributed by atoms with van der Waals surface area (Å²) in [5.74, 6) is 0.692. The summed E-state index contributed by atoms with van der Waals surface area (Å²) in [6, 6.07) is 14.0. The van der Waals surface area contributed by atoms with Crippen molar-refractivity contribution in [3.63, 3.8) is 0 Å². The number of rotatable bonds is 7. The Morgan fingerprint density at radius 2 is 1.91 bits per heavy atom. The van der Waals surface area contributed by atoms with Crippen LogP contribution < -0.4 is 4.74 Å². The molecule has 0 atom stereocenters. The number of benzene rings is 2. The lowest BCUT2D eigenvalue weighted by molar-refractivity contribution is 0.362. The fraction of sp³-hybridized carbons (Fsp3) is 0.176. The molecule has 122 valence electrons. The smallest absolute Gasteiger partial charge is 0.243 e.